The fourth-order valence-electron chi connectivity index (χ4n) is 1.90. The van der Waals surface area contributed by atoms with Crippen LogP contribution in [0.25, 0.3) is 0 Å². The molecule has 4 nitrogen and oxygen atoms in total. The minimum absolute atomic E-state index is 0.451. The molecule has 0 radical (unpaired) electrons. The Balaban J connectivity index is 2.06. The molecule has 0 saturated heterocycles. The summed E-state index contributed by atoms with van der Waals surface area (Å²) in [5.74, 6) is 1.70. The van der Waals surface area contributed by atoms with Crippen LogP contribution in [-0.4, -0.2) is 23.1 Å². The summed E-state index contributed by atoms with van der Waals surface area (Å²) in [7, 11) is 1.67. The summed E-state index contributed by atoms with van der Waals surface area (Å²) in [5, 5.41) is 3.36. The zero-order chi connectivity index (χ0) is 14.4. The van der Waals surface area contributed by atoms with Crippen molar-refractivity contribution in [3.8, 4) is 5.75 Å². The van der Waals surface area contributed by atoms with Crippen LogP contribution in [0.4, 0.5) is 0 Å². The molecule has 1 N–H and O–H groups in total. The molecule has 0 fully saturated rings. The Morgan fingerprint density at radius 2 is 2.10 bits per heavy atom. The maximum absolute atomic E-state index is 5.23. The van der Waals surface area contributed by atoms with Gasteiger partial charge in [-0.15, -0.1) is 0 Å². The summed E-state index contributed by atoms with van der Waals surface area (Å²) >= 11 is 0. The second-order valence-electron chi connectivity index (χ2n) is 5.03. The molecule has 0 atom stereocenters. The van der Waals surface area contributed by atoms with E-state index in [0.29, 0.717) is 12.5 Å². The van der Waals surface area contributed by atoms with Gasteiger partial charge < -0.3 is 10.1 Å². The van der Waals surface area contributed by atoms with Crippen LogP contribution >= 0.6 is 0 Å². The highest BCUT2D eigenvalue weighted by molar-refractivity contribution is 5.30. The van der Waals surface area contributed by atoms with Gasteiger partial charge in [0.25, 0.3) is 0 Å². The van der Waals surface area contributed by atoms with Crippen LogP contribution in [0.5, 0.6) is 5.75 Å². The van der Waals surface area contributed by atoms with Crippen LogP contribution in [0.2, 0.25) is 0 Å². The zero-order valence-corrected chi connectivity index (χ0v) is 12.3. The molecular weight excluding hydrogens is 250 g/mol. The number of ether oxygens (including phenoxy) is 1. The SMILES string of the molecule is COc1cccc(Cc2nccc(CNC(C)C)n2)c1. The first-order valence-electron chi connectivity index (χ1n) is 6.84. The van der Waals surface area contributed by atoms with Crippen LogP contribution in [0.15, 0.2) is 36.5 Å². The molecule has 20 heavy (non-hydrogen) atoms. The normalized spacial score (nSPS) is 10.8. The number of nitrogens with one attached hydrogen (secondary N) is 1. The third-order valence-corrected chi connectivity index (χ3v) is 2.95. The van der Waals surface area contributed by atoms with Crippen molar-refractivity contribution in [2.75, 3.05) is 7.11 Å². The Hall–Kier alpha value is -1.94. The van der Waals surface area contributed by atoms with Gasteiger partial charge >= 0.3 is 0 Å². The number of hydrogen-bond acceptors (Lipinski definition) is 4. The number of nitrogens with zero attached hydrogens (tertiary/aromatic N) is 2. The molecule has 1 aromatic heterocycles. The third kappa shape index (κ3) is 4.31. The molecule has 0 aliphatic carbocycles. The van der Waals surface area contributed by atoms with Crippen molar-refractivity contribution in [2.45, 2.75) is 32.9 Å². The number of methoxy groups -OCH3 is 1. The standard InChI is InChI=1S/C16H21N3O/c1-12(2)18-11-14-7-8-17-16(19-14)10-13-5-4-6-15(9-13)20-3/h4-9,12,18H,10-11H2,1-3H3. The second kappa shape index (κ2) is 7.01. The van der Waals surface area contributed by atoms with Gasteiger partial charge in [-0.1, -0.05) is 26.0 Å². The average molecular weight is 271 g/mol. The fraction of sp³-hybridized carbons (Fsp3) is 0.375. The summed E-state index contributed by atoms with van der Waals surface area (Å²) in [6, 6.07) is 10.4. The van der Waals surface area contributed by atoms with Crippen molar-refractivity contribution in [3.05, 3.63) is 53.6 Å². The van der Waals surface area contributed by atoms with Crippen LogP contribution in [-0.2, 0) is 13.0 Å². The van der Waals surface area contributed by atoms with E-state index in [-0.39, 0.29) is 0 Å². The largest absolute Gasteiger partial charge is 0.497 e. The molecule has 0 unspecified atom stereocenters. The summed E-state index contributed by atoms with van der Waals surface area (Å²) in [4.78, 5) is 8.92. The van der Waals surface area contributed by atoms with Crippen LogP contribution in [0.3, 0.4) is 0 Å². The summed E-state index contributed by atoms with van der Waals surface area (Å²) in [6.07, 6.45) is 2.53. The average Bonchev–Trinajstić information content (AvgIpc) is 2.46. The van der Waals surface area contributed by atoms with E-state index in [4.69, 9.17) is 4.74 Å². The van der Waals surface area contributed by atoms with E-state index in [1.165, 1.54) is 0 Å². The number of benzene rings is 1. The van der Waals surface area contributed by atoms with Crippen molar-refractivity contribution in [3.63, 3.8) is 0 Å². The predicted molar refractivity (Wildman–Crippen MR) is 79.8 cm³/mol. The number of hydrogen-bond donors (Lipinski definition) is 1. The summed E-state index contributed by atoms with van der Waals surface area (Å²) < 4.78 is 5.23. The van der Waals surface area contributed by atoms with E-state index >= 15 is 0 Å². The van der Waals surface area contributed by atoms with Gasteiger partial charge in [0.15, 0.2) is 0 Å². The van der Waals surface area contributed by atoms with E-state index in [1.807, 2.05) is 30.5 Å². The minimum Gasteiger partial charge on any atom is -0.497 e. The van der Waals surface area contributed by atoms with Crippen LogP contribution in [0.1, 0.15) is 30.9 Å². The Kier molecular flexibility index (Phi) is 5.07. The van der Waals surface area contributed by atoms with Crippen LogP contribution in [0, 0.1) is 0 Å². The molecular formula is C16H21N3O. The van der Waals surface area contributed by atoms with Crippen LogP contribution < -0.4 is 10.1 Å². The second-order valence-corrected chi connectivity index (χ2v) is 5.03. The minimum atomic E-state index is 0.451. The quantitative estimate of drug-likeness (QED) is 0.877. The van der Waals surface area contributed by atoms with Gasteiger partial charge in [-0.05, 0) is 23.8 Å². The highest BCUT2D eigenvalue weighted by Crippen LogP contribution is 2.14. The first-order valence-corrected chi connectivity index (χ1v) is 6.84. The Labute approximate surface area is 120 Å². The maximum atomic E-state index is 5.23. The van der Waals surface area contributed by atoms with E-state index in [9.17, 15) is 0 Å². The molecule has 0 bridgehead atoms. The lowest BCUT2D eigenvalue weighted by Crippen LogP contribution is -2.22. The van der Waals surface area contributed by atoms with Crippen molar-refractivity contribution in [2.24, 2.45) is 0 Å². The van der Waals surface area contributed by atoms with Gasteiger partial charge in [0, 0.05) is 25.2 Å². The highest BCUT2D eigenvalue weighted by atomic mass is 16.5. The monoisotopic (exact) mass is 271 g/mol. The molecule has 0 aliphatic heterocycles. The molecule has 106 valence electrons. The van der Waals surface area contributed by atoms with Gasteiger partial charge in [0.1, 0.15) is 11.6 Å². The summed E-state index contributed by atoms with van der Waals surface area (Å²) in [6.45, 7) is 5.02. The molecule has 1 heterocycles. The molecule has 0 aliphatic rings. The number of rotatable bonds is 6. The van der Waals surface area contributed by atoms with Crippen molar-refractivity contribution in [1.82, 2.24) is 15.3 Å². The molecule has 2 aromatic rings. The summed E-state index contributed by atoms with van der Waals surface area (Å²) in [5.41, 5.74) is 2.17. The molecule has 4 heteroatoms. The molecule has 2 rings (SSSR count). The van der Waals surface area contributed by atoms with E-state index in [1.54, 1.807) is 7.11 Å². The maximum Gasteiger partial charge on any atom is 0.132 e. The Morgan fingerprint density at radius 3 is 2.85 bits per heavy atom. The highest BCUT2D eigenvalue weighted by Gasteiger charge is 2.03. The lowest BCUT2D eigenvalue weighted by molar-refractivity contribution is 0.414. The lowest BCUT2D eigenvalue weighted by Gasteiger charge is -2.08. The fourth-order valence-corrected chi connectivity index (χ4v) is 1.90. The smallest absolute Gasteiger partial charge is 0.132 e. The topological polar surface area (TPSA) is 47.0 Å². The molecule has 0 amide bonds. The van der Waals surface area contributed by atoms with Gasteiger partial charge in [0.2, 0.25) is 0 Å². The number of aromatic nitrogens is 2. The molecule has 0 saturated carbocycles. The van der Waals surface area contributed by atoms with E-state index in [0.717, 1.165) is 29.4 Å². The Morgan fingerprint density at radius 1 is 1.25 bits per heavy atom. The van der Waals surface area contributed by atoms with Gasteiger partial charge in [0.05, 0.1) is 12.8 Å². The van der Waals surface area contributed by atoms with E-state index in [2.05, 4.69) is 35.2 Å². The van der Waals surface area contributed by atoms with E-state index < -0.39 is 0 Å². The zero-order valence-electron chi connectivity index (χ0n) is 12.3. The third-order valence-electron chi connectivity index (χ3n) is 2.95. The van der Waals surface area contributed by atoms with Crippen molar-refractivity contribution >= 4 is 0 Å². The first-order chi connectivity index (χ1) is 9.67. The van der Waals surface area contributed by atoms with Gasteiger partial charge in [-0.2, -0.15) is 0 Å². The molecule has 1 aromatic carbocycles. The first kappa shape index (κ1) is 14.5. The van der Waals surface area contributed by atoms with Crippen molar-refractivity contribution < 1.29 is 4.74 Å². The van der Waals surface area contributed by atoms with Crippen molar-refractivity contribution in [1.29, 1.82) is 0 Å². The Bertz CT molecular complexity index is 555. The van der Waals surface area contributed by atoms with Gasteiger partial charge in [-0.25, -0.2) is 9.97 Å². The lowest BCUT2D eigenvalue weighted by atomic mass is 10.1. The molecule has 0 spiro atoms. The predicted octanol–water partition coefficient (Wildman–Crippen LogP) is 2.57. The van der Waals surface area contributed by atoms with Gasteiger partial charge in [-0.3, -0.25) is 0 Å².